The third kappa shape index (κ3) is 4.52. The number of aromatic nitrogens is 3. The Kier molecular flexibility index (Phi) is 5.84. The highest BCUT2D eigenvalue weighted by Crippen LogP contribution is 2.33. The molecule has 1 amide bonds. The minimum absolute atomic E-state index is 0.0643. The van der Waals surface area contributed by atoms with E-state index in [1.165, 1.54) is 0 Å². The van der Waals surface area contributed by atoms with Crippen LogP contribution in [-0.2, 0) is 4.79 Å². The number of carbonyl (C=O) groups is 1. The van der Waals surface area contributed by atoms with E-state index in [1.807, 2.05) is 31.3 Å². The van der Waals surface area contributed by atoms with E-state index in [9.17, 15) is 4.79 Å². The first-order valence-corrected chi connectivity index (χ1v) is 11.4. The van der Waals surface area contributed by atoms with Crippen molar-refractivity contribution in [2.75, 3.05) is 25.0 Å². The second kappa shape index (κ2) is 8.40. The fourth-order valence-electron chi connectivity index (χ4n) is 4.00. The molecule has 1 saturated heterocycles. The van der Waals surface area contributed by atoms with Crippen LogP contribution in [0.15, 0.2) is 30.5 Å². The van der Waals surface area contributed by atoms with Crippen LogP contribution in [0.25, 0.3) is 21.3 Å². The summed E-state index contributed by atoms with van der Waals surface area (Å²) in [6.07, 6.45) is 3.56. The van der Waals surface area contributed by atoms with Gasteiger partial charge in [-0.25, -0.2) is 4.98 Å². The van der Waals surface area contributed by atoms with E-state index in [-0.39, 0.29) is 11.3 Å². The van der Waals surface area contributed by atoms with Crippen LogP contribution < -0.4 is 5.32 Å². The van der Waals surface area contributed by atoms with Crippen LogP contribution >= 0.6 is 11.3 Å². The number of hydrogen-bond donors (Lipinski definition) is 1. The Balaban J connectivity index is 1.48. The monoisotopic (exact) mass is 423 g/mol. The van der Waals surface area contributed by atoms with Crippen LogP contribution in [0, 0.1) is 18.3 Å². The minimum Gasteiger partial charge on any atom is -0.310 e. The lowest BCUT2D eigenvalue weighted by Crippen LogP contribution is -2.45. The van der Waals surface area contributed by atoms with Crippen LogP contribution in [0.2, 0.25) is 0 Å². The van der Waals surface area contributed by atoms with Crippen molar-refractivity contribution < 1.29 is 4.79 Å². The Hall–Kier alpha value is -2.38. The Morgan fingerprint density at radius 2 is 1.97 bits per heavy atom. The van der Waals surface area contributed by atoms with Crippen molar-refractivity contribution in [1.82, 2.24) is 20.1 Å². The number of hydrogen-bond acceptors (Lipinski definition) is 6. The first kappa shape index (κ1) is 20.9. The summed E-state index contributed by atoms with van der Waals surface area (Å²) in [4.78, 5) is 20.0. The van der Waals surface area contributed by atoms with E-state index in [2.05, 4.69) is 52.2 Å². The largest absolute Gasteiger partial charge is 0.310 e. The summed E-state index contributed by atoms with van der Waals surface area (Å²) in [6.45, 7) is 11.5. The summed E-state index contributed by atoms with van der Waals surface area (Å²) < 4.78 is 0. The zero-order chi connectivity index (χ0) is 21.3. The number of fused-ring (bicyclic) bond motifs is 1. The van der Waals surface area contributed by atoms with Gasteiger partial charge in [0.25, 0.3) is 0 Å². The Morgan fingerprint density at radius 1 is 1.20 bits per heavy atom. The summed E-state index contributed by atoms with van der Waals surface area (Å²) in [5.41, 5.74) is 0.678. The smallest absolute Gasteiger partial charge is 0.231 e. The van der Waals surface area contributed by atoms with Crippen LogP contribution in [0.5, 0.6) is 0 Å². The normalized spacial score (nSPS) is 16.8. The van der Waals surface area contributed by atoms with Crippen molar-refractivity contribution in [1.29, 1.82) is 0 Å². The number of anilines is 1. The molecule has 0 bridgehead atoms. The molecule has 0 saturated carbocycles. The summed E-state index contributed by atoms with van der Waals surface area (Å²) in [5.74, 6) is 1.32. The highest BCUT2D eigenvalue weighted by molar-refractivity contribution is 7.14. The average molecular weight is 424 g/mol. The molecular weight excluding hydrogens is 394 g/mol. The topological polar surface area (TPSA) is 71.0 Å². The van der Waals surface area contributed by atoms with Crippen LogP contribution in [0.1, 0.15) is 38.6 Å². The van der Waals surface area contributed by atoms with Gasteiger partial charge < -0.3 is 10.2 Å². The number of aryl methyl sites for hydroxylation is 1. The lowest BCUT2D eigenvalue weighted by Gasteiger charge is -2.38. The zero-order valence-corrected chi connectivity index (χ0v) is 18.9. The van der Waals surface area contributed by atoms with Crippen molar-refractivity contribution in [2.45, 2.75) is 40.5 Å². The van der Waals surface area contributed by atoms with Crippen molar-refractivity contribution in [3.05, 3.63) is 35.5 Å². The molecule has 7 heteroatoms. The van der Waals surface area contributed by atoms with Gasteiger partial charge in [0.1, 0.15) is 15.8 Å². The molecule has 3 heterocycles. The van der Waals surface area contributed by atoms with Gasteiger partial charge in [0.2, 0.25) is 5.91 Å². The van der Waals surface area contributed by atoms with Gasteiger partial charge in [-0.1, -0.05) is 44.2 Å². The Morgan fingerprint density at radius 3 is 2.63 bits per heavy atom. The van der Waals surface area contributed by atoms with Gasteiger partial charge in [0.15, 0.2) is 0 Å². The standard InChI is InChI=1S/C23H29N5OS/c1-15(2)14-28-9-7-23(4,8-10-28)22(29)25-20-12-19-11-17(5-6-18(19)13-24-20)21-27-26-16(3)30-21/h5-6,11-13,15H,7-10,14H2,1-4H3,(H,24,25,29). The first-order chi connectivity index (χ1) is 14.3. The SMILES string of the molecule is Cc1nnc(-c2ccc3cnc(NC(=O)C4(C)CCN(CC(C)C)CC4)cc3c2)s1. The lowest BCUT2D eigenvalue weighted by atomic mass is 9.79. The van der Waals surface area contributed by atoms with Gasteiger partial charge in [0, 0.05) is 29.1 Å². The highest BCUT2D eigenvalue weighted by atomic mass is 32.1. The number of nitrogens with one attached hydrogen (secondary N) is 1. The molecule has 1 aliphatic rings. The van der Waals surface area contributed by atoms with E-state index in [0.29, 0.717) is 11.7 Å². The molecule has 1 aliphatic heterocycles. The molecule has 6 nitrogen and oxygen atoms in total. The second-order valence-electron chi connectivity index (χ2n) is 8.97. The Labute approximate surface area is 181 Å². The van der Waals surface area contributed by atoms with Crippen molar-refractivity contribution >= 4 is 33.8 Å². The van der Waals surface area contributed by atoms with Gasteiger partial charge in [-0.15, -0.1) is 10.2 Å². The molecule has 158 valence electrons. The predicted molar refractivity (Wildman–Crippen MR) is 123 cm³/mol. The molecular formula is C23H29N5OS. The summed E-state index contributed by atoms with van der Waals surface area (Å²) in [6, 6.07) is 8.10. The maximum Gasteiger partial charge on any atom is 0.231 e. The molecule has 4 rings (SSSR count). The van der Waals surface area contributed by atoms with E-state index < -0.39 is 0 Å². The predicted octanol–water partition coefficient (Wildman–Crippen LogP) is 4.76. The van der Waals surface area contributed by atoms with E-state index in [1.54, 1.807) is 11.3 Å². The molecule has 3 aromatic rings. The van der Waals surface area contributed by atoms with E-state index >= 15 is 0 Å². The number of pyridine rings is 1. The maximum atomic E-state index is 13.1. The maximum absolute atomic E-state index is 13.1. The number of amides is 1. The number of nitrogens with zero attached hydrogens (tertiary/aromatic N) is 4. The fourth-order valence-corrected chi connectivity index (χ4v) is 4.68. The van der Waals surface area contributed by atoms with Crippen molar-refractivity contribution in [2.24, 2.45) is 11.3 Å². The molecule has 2 aromatic heterocycles. The number of piperidine rings is 1. The third-order valence-electron chi connectivity index (χ3n) is 5.87. The Bertz CT molecular complexity index is 1050. The van der Waals surface area contributed by atoms with Crippen LogP contribution in [0.4, 0.5) is 5.82 Å². The molecule has 0 spiro atoms. The van der Waals surface area contributed by atoms with Crippen molar-refractivity contribution in [3.63, 3.8) is 0 Å². The van der Waals surface area contributed by atoms with Crippen LogP contribution in [0.3, 0.4) is 0 Å². The first-order valence-electron chi connectivity index (χ1n) is 10.6. The molecule has 0 unspecified atom stereocenters. The molecule has 0 aliphatic carbocycles. The molecule has 30 heavy (non-hydrogen) atoms. The average Bonchev–Trinajstić information content (AvgIpc) is 3.15. The summed E-state index contributed by atoms with van der Waals surface area (Å²) in [5, 5.41) is 15.3. The van der Waals surface area contributed by atoms with E-state index in [4.69, 9.17) is 0 Å². The third-order valence-corrected chi connectivity index (χ3v) is 6.76. The van der Waals surface area contributed by atoms with Gasteiger partial charge in [0.05, 0.1) is 0 Å². The molecule has 1 fully saturated rings. The van der Waals surface area contributed by atoms with Gasteiger partial charge in [-0.05, 0) is 56.3 Å². The number of carbonyl (C=O) groups excluding carboxylic acids is 1. The second-order valence-corrected chi connectivity index (χ2v) is 10.1. The lowest BCUT2D eigenvalue weighted by molar-refractivity contribution is -0.127. The van der Waals surface area contributed by atoms with E-state index in [0.717, 1.165) is 58.8 Å². The number of rotatable bonds is 5. The van der Waals surface area contributed by atoms with Crippen LogP contribution in [-0.4, -0.2) is 45.6 Å². The minimum atomic E-state index is -0.351. The number of likely N-dealkylation sites (tertiary alicyclic amines) is 1. The van der Waals surface area contributed by atoms with Gasteiger partial charge in [-0.3, -0.25) is 4.79 Å². The fraction of sp³-hybridized carbons (Fsp3) is 0.478. The van der Waals surface area contributed by atoms with Gasteiger partial charge in [-0.2, -0.15) is 0 Å². The van der Waals surface area contributed by atoms with Crippen molar-refractivity contribution in [3.8, 4) is 10.6 Å². The highest BCUT2D eigenvalue weighted by Gasteiger charge is 2.37. The molecule has 0 radical (unpaired) electrons. The number of benzene rings is 1. The summed E-state index contributed by atoms with van der Waals surface area (Å²) >= 11 is 1.57. The summed E-state index contributed by atoms with van der Waals surface area (Å²) in [7, 11) is 0. The quantitative estimate of drug-likeness (QED) is 0.641. The molecule has 1 N–H and O–H groups in total. The molecule has 0 atom stereocenters. The molecule has 1 aromatic carbocycles. The van der Waals surface area contributed by atoms with Gasteiger partial charge >= 0.3 is 0 Å². The zero-order valence-electron chi connectivity index (χ0n) is 18.1.